The van der Waals surface area contributed by atoms with E-state index in [2.05, 4.69) is 0 Å². The van der Waals surface area contributed by atoms with Gasteiger partial charge >= 0.3 is 0 Å². The van der Waals surface area contributed by atoms with E-state index in [1.165, 1.54) is 12.8 Å². The van der Waals surface area contributed by atoms with Gasteiger partial charge in [-0.2, -0.15) is 0 Å². The van der Waals surface area contributed by atoms with E-state index in [1.807, 2.05) is 31.2 Å². The molecule has 1 saturated carbocycles. The average molecular weight is 254 g/mol. The fourth-order valence-corrected chi connectivity index (χ4v) is 3.07. The molecule has 0 aliphatic heterocycles. The second-order valence-corrected chi connectivity index (χ2v) is 5.11. The van der Waals surface area contributed by atoms with Crippen LogP contribution >= 0.6 is 11.6 Å². The van der Waals surface area contributed by atoms with Crippen LogP contribution < -0.4 is 5.73 Å². The van der Waals surface area contributed by atoms with Gasteiger partial charge in [0.25, 0.3) is 0 Å². The van der Waals surface area contributed by atoms with E-state index in [0.717, 1.165) is 23.4 Å². The van der Waals surface area contributed by atoms with Gasteiger partial charge in [-0.05, 0) is 31.4 Å². The Morgan fingerprint density at radius 3 is 2.59 bits per heavy atom. The molecule has 1 aliphatic carbocycles. The Kier molecular flexibility index (Phi) is 4.08. The van der Waals surface area contributed by atoms with E-state index in [-0.39, 0.29) is 11.6 Å². The lowest BCUT2D eigenvalue weighted by atomic mass is 9.87. The SMILES string of the molecule is CCOC1(C(N)c2ccccc2Cl)CCCC1. The predicted molar refractivity (Wildman–Crippen MR) is 71.2 cm³/mol. The lowest BCUT2D eigenvalue weighted by molar-refractivity contribution is -0.0536. The second kappa shape index (κ2) is 5.38. The molecule has 17 heavy (non-hydrogen) atoms. The zero-order chi connectivity index (χ0) is 12.3. The minimum atomic E-state index is -0.209. The predicted octanol–water partition coefficient (Wildman–Crippen LogP) is 3.69. The lowest BCUT2D eigenvalue weighted by Gasteiger charge is -2.35. The lowest BCUT2D eigenvalue weighted by Crippen LogP contribution is -2.41. The first-order chi connectivity index (χ1) is 8.19. The van der Waals surface area contributed by atoms with Gasteiger partial charge in [-0.1, -0.05) is 42.6 Å². The van der Waals surface area contributed by atoms with E-state index in [0.29, 0.717) is 6.61 Å². The molecule has 94 valence electrons. The molecule has 3 heteroatoms. The molecule has 0 radical (unpaired) electrons. The molecule has 2 rings (SSSR count). The number of rotatable bonds is 4. The highest BCUT2D eigenvalue weighted by atomic mass is 35.5. The molecule has 1 fully saturated rings. The number of halogens is 1. The van der Waals surface area contributed by atoms with Crippen LogP contribution in [0.1, 0.15) is 44.2 Å². The first-order valence-electron chi connectivity index (χ1n) is 6.33. The Hall–Kier alpha value is -0.570. The van der Waals surface area contributed by atoms with Crippen LogP contribution in [0.5, 0.6) is 0 Å². The Morgan fingerprint density at radius 1 is 1.35 bits per heavy atom. The molecule has 0 aromatic heterocycles. The zero-order valence-corrected chi connectivity index (χ0v) is 11.0. The maximum Gasteiger partial charge on any atom is 0.0874 e. The summed E-state index contributed by atoms with van der Waals surface area (Å²) in [6.07, 6.45) is 4.46. The largest absolute Gasteiger partial charge is 0.373 e. The van der Waals surface area contributed by atoms with Crippen LogP contribution in [0.15, 0.2) is 24.3 Å². The van der Waals surface area contributed by atoms with Crippen molar-refractivity contribution < 1.29 is 4.74 Å². The Bertz CT molecular complexity index is 374. The highest BCUT2D eigenvalue weighted by Crippen LogP contribution is 2.43. The van der Waals surface area contributed by atoms with Gasteiger partial charge in [0.2, 0.25) is 0 Å². The van der Waals surface area contributed by atoms with Crippen LogP contribution in [0, 0.1) is 0 Å². The standard InChI is InChI=1S/C14H20ClNO/c1-2-17-14(9-5-6-10-14)13(16)11-7-3-4-8-12(11)15/h3-4,7-8,13H,2,5-6,9-10,16H2,1H3. The highest BCUT2D eigenvalue weighted by molar-refractivity contribution is 6.31. The van der Waals surface area contributed by atoms with Gasteiger partial charge in [-0.3, -0.25) is 0 Å². The fourth-order valence-electron chi connectivity index (χ4n) is 2.82. The molecule has 1 aliphatic rings. The molecule has 0 bridgehead atoms. The minimum absolute atomic E-state index is 0.126. The first kappa shape index (κ1) is 12.9. The molecule has 1 atom stereocenters. The minimum Gasteiger partial charge on any atom is -0.373 e. The van der Waals surface area contributed by atoms with Crippen molar-refractivity contribution in [3.05, 3.63) is 34.9 Å². The highest BCUT2D eigenvalue weighted by Gasteiger charge is 2.41. The summed E-state index contributed by atoms with van der Waals surface area (Å²) in [7, 11) is 0. The van der Waals surface area contributed by atoms with Gasteiger partial charge in [-0.25, -0.2) is 0 Å². The number of ether oxygens (including phenoxy) is 1. The monoisotopic (exact) mass is 253 g/mol. The van der Waals surface area contributed by atoms with Gasteiger partial charge in [0.05, 0.1) is 11.6 Å². The molecule has 2 nitrogen and oxygen atoms in total. The quantitative estimate of drug-likeness (QED) is 0.888. The zero-order valence-electron chi connectivity index (χ0n) is 10.3. The Labute approximate surface area is 108 Å². The van der Waals surface area contributed by atoms with Crippen LogP contribution in [0.25, 0.3) is 0 Å². The van der Waals surface area contributed by atoms with Gasteiger partial charge < -0.3 is 10.5 Å². The Morgan fingerprint density at radius 2 is 2.00 bits per heavy atom. The molecule has 0 spiro atoms. The summed E-state index contributed by atoms with van der Waals surface area (Å²) in [5, 5.41) is 0.742. The molecular formula is C14H20ClNO. The number of nitrogens with two attached hydrogens (primary N) is 1. The average Bonchev–Trinajstić information content (AvgIpc) is 2.79. The van der Waals surface area contributed by atoms with Crippen molar-refractivity contribution in [2.45, 2.75) is 44.2 Å². The summed E-state index contributed by atoms with van der Waals surface area (Å²) >= 11 is 6.22. The second-order valence-electron chi connectivity index (χ2n) is 4.70. The number of hydrogen-bond donors (Lipinski definition) is 1. The molecule has 0 saturated heterocycles. The topological polar surface area (TPSA) is 35.2 Å². The van der Waals surface area contributed by atoms with E-state index in [1.54, 1.807) is 0 Å². The number of hydrogen-bond acceptors (Lipinski definition) is 2. The van der Waals surface area contributed by atoms with Crippen molar-refractivity contribution in [3.8, 4) is 0 Å². The first-order valence-corrected chi connectivity index (χ1v) is 6.71. The maximum atomic E-state index is 6.41. The van der Waals surface area contributed by atoms with Crippen molar-refractivity contribution >= 4 is 11.6 Å². The van der Waals surface area contributed by atoms with Crippen LogP contribution in [-0.4, -0.2) is 12.2 Å². The summed E-state index contributed by atoms with van der Waals surface area (Å²) in [6.45, 7) is 2.73. The maximum absolute atomic E-state index is 6.41. The van der Waals surface area contributed by atoms with Gasteiger partial charge in [-0.15, -0.1) is 0 Å². The fraction of sp³-hybridized carbons (Fsp3) is 0.571. The van der Waals surface area contributed by atoms with Crippen LogP contribution in [0.2, 0.25) is 5.02 Å². The van der Waals surface area contributed by atoms with Crippen LogP contribution in [0.3, 0.4) is 0 Å². The van der Waals surface area contributed by atoms with E-state index in [4.69, 9.17) is 22.1 Å². The normalized spacial score (nSPS) is 20.4. The summed E-state index contributed by atoms with van der Waals surface area (Å²) in [6, 6.07) is 7.69. The molecule has 2 N–H and O–H groups in total. The van der Waals surface area contributed by atoms with Crippen LogP contribution in [-0.2, 0) is 4.74 Å². The molecule has 0 heterocycles. The third-order valence-electron chi connectivity index (χ3n) is 3.69. The molecule has 1 aromatic carbocycles. The van der Waals surface area contributed by atoms with Crippen molar-refractivity contribution in [2.24, 2.45) is 5.73 Å². The van der Waals surface area contributed by atoms with Crippen LogP contribution in [0.4, 0.5) is 0 Å². The Balaban J connectivity index is 2.28. The number of benzene rings is 1. The van der Waals surface area contributed by atoms with E-state index < -0.39 is 0 Å². The summed E-state index contributed by atoms with van der Waals surface area (Å²) < 4.78 is 5.98. The molecule has 0 amide bonds. The van der Waals surface area contributed by atoms with Gasteiger partial charge in [0.1, 0.15) is 0 Å². The third kappa shape index (κ3) is 2.49. The summed E-state index contributed by atoms with van der Waals surface area (Å²) in [4.78, 5) is 0. The molecule has 1 unspecified atom stereocenters. The van der Waals surface area contributed by atoms with Gasteiger partial charge in [0, 0.05) is 11.6 Å². The summed E-state index contributed by atoms with van der Waals surface area (Å²) in [5.41, 5.74) is 7.21. The van der Waals surface area contributed by atoms with Crippen molar-refractivity contribution in [1.82, 2.24) is 0 Å². The smallest absolute Gasteiger partial charge is 0.0874 e. The van der Waals surface area contributed by atoms with Crippen molar-refractivity contribution in [3.63, 3.8) is 0 Å². The van der Waals surface area contributed by atoms with Crippen molar-refractivity contribution in [2.75, 3.05) is 6.61 Å². The van der Waals surface area contributed by atoms with Gasteiger partial charge in [0.15, 0.2) is 0 Å². The summed E-state index contributed by atoms with van der Waals surface area (Å²) in [5.74, 6) is 0. The van der Waals surface area contributed by atoms with E-state index in [9.17, 15) is 0 Å². The molecular weight excluding hydrogens is 234 g/mol. The van der Waals surface area contributed by atoms with E-state index >= 15 is 0 Å². The third-order valence-corrected chi connectivity index (χ3v) is 4.03. The molecule has 1 aromatic rings. The van der Waals surface area contributed by atoms with Crippen molar-refractivity contribution in [1.29, 1.82) is 0 Å².